The Morgan fingerprint density at radius 1 is 0.850 bits per heavy atom. The third-order valence-corrected chi connectivity index (χ3v) is 2.82. The van der Waals surface area contributed by atoms with E-state index in [-0.39, 0.29) is 0 Å². The van der Waals surface area contributed by atoms with Crippen LogP contribution in [0.5, 0.6) is 17.2 Å². The minimum Gasteiger partial charge on any atom is -0.497 e. The Bertz CT molecular complexity index is 526. The van der Waals surface area contributed by atoms with Crippen LogP contribution in [-0.2, 0) is 6.54 Å². The molecule has 4 nitrogen and oxygen atoms in total. The molecule has 0 amide bonds. The normalized spacial score (nSPS) is 10.1. The lowest BCUT2D eigenvalue weighted by atomic mass is 10.2. The number of benzene rings is 2. The highest BCUT2D eigenvalue weighted by Crippen LogP contribution is 2.18. The van der Waals surface area contributed by atoms with Gasteiger partial charge < -0.3 is 19.9 Å². The van der Waals surface area contributed by atoms with Crippen molar-refractivity contribution < 1.29 is 14.2 Å². The molecule has 0 atom stereocenters. The monoisotopic (exact) mass is 273 g/mol. The van der Waals surface area contributed by atoms with E-state index < -0.39 is 0 Å². The van der Waals surface area contributed by atoms with Crippen LogP contribution >= 0.6 is 0 Å². The van der Waals surface area contributed by atoms with Gasteiger partial charge in [0.15, 0.2) is 0 Å². The number of ether oxygens (including phenoxy) is 3. The third-order valence-electron chi connectivity index (χ3n) is 2.82. The molecule has 0 aliphatic carbocycles. The molecule has 0 aliphatic heterocycles. The summed E-state index contributed by atoms with van der Waals surface area (Å²) in [6, 6.07) is 15.2. The highest BCUT2D eigenvalue weighted by Gasteiger charge is 1.98. The first-order chi connectivity index (χ1) is 9.81. The summed E-state index contributed by atoms with van der Waals surface area (Å²) in [6.07, 6.45) is 0. The number of hydrogen-bond donors (Lipinski definition) is 1. The van der Waals surface area contributed by atoms with E-state index in [1.807, 2.05) is 48.5 Å². The van der Waals surface area contributed by atoms with E-state index in [1.165, 1.54) is 0 Å². The van der Waals surface area contributed by atoms with Crippen molar-refractivity contribution in [2.45, 2.75) is 6.54 Å². The molecule has 0 fully saturated rings. The molecule has 2 aromatic carbocycles. The fraction of sp³-hybridized carbons (Fsp3) is 0.250. The first-order valence-electron chi connectivity index (χ1n) is 6.50. The topological polar surface area (TPSA) is 53.7 Å². The molecule has 2 rings (SSSR count). The Morgan fingerprint density at radius 3 is 2.15 bits per heavy atom. The van der Waals surface area contributed by atoms with Crippen LogP contribution in [0.4, 0.5) is 0 Å². The third kappa shape index (κ3) is 4.17. The molecule has 2 aromatic rings. The Labute approximate surface area is 119 Å². The van der Waals surface area contributed by atoms with Crippen LogP contribution in [0.3, 0.4) is 0 Å². The van der Waals surface area contributed by atoms with Gasteiger partial charge in [-0.25, -0.2) is 0 Å². The number of methoxy groups -OCH3 is 1. The molecule has 0 saturated heterocycles. The largest absolute Gasteiger partial charge is 0.497 e. The van der Waals surface area contributed by atoms with E-state index in [2.05, 4.69) is 0 Å². The van der Waals surface area contributed by atoms with Crippen LogP contribution in [0, 0.1) is 0 Å². The Morgan fingerprint density at radius 2 is 1.50 bits per heavy atom. The fourth-order valence-electron chi connectivity index (χ4n) is 1.73. The minimum absolute atomic E-state index is 0.478. The van der Waals surface area contributed by atoms with Gasteiger partial charge in [0.05, 0.1) is 7.11 Å². The van der Waals surface area contributed by atoms with E-state index in [4.69, 9.17) is 19.9 Å². The van der Waals surface area contributed by atoms with E-state index in [0.29, 0.717) is 19.8 Å². The standard InChI is InChI=1S/C16H19NO3/c1-18-15-3-2-4-16(11-15)20-10-9-19-14-7-5-13(12-17)6-8-14/h2-8,11H,9-10,12,17H2,1H3. The van der Waals surface area contributed by atoms with Gasteiger partial charge in [0.1, 0.15) is 30.5 Å². The van der Waals surface area contributed by atoms with Crippen molar-refractivity contribution >= 4 is 0 Å². The molecular formula is C16H19NO3. The molecule has 0 spiro atoms. The summed E-state index contributed by atoms with van der Waals surface area (Å²) in [7, 11) is 1.63. The van der Waals surface area contributed by atoms with Gasteiger partial charge in [-0.15, -0.1) is 0 Å². The van der Waals surface area contributed by atoms with E-state index in [9.17, 15) is 0 Å². The summed E-state index contributed by atoms with van der Waals surface area (Å²) >= 11 is 0. The molecule has 0 radical (unpaired) electrons. The minimum atomic E-state index is 0.478. The molecule has 0 bridgehead atoms. The zero-order valence-corrected chi connectivity index (χ0v) is 11.5. The maximum atomic E-state index is 5.59. The molecule has 0 aliphatic rings. The zero-order valence-electron chi connectivity index (χ0n) is 11.5. The summed E-state index contributed by atoms with van der Waals surface area (Å²) in [5, 5.41) is 0. The highest BCUT2D eigenvalue weighted by atomic mass is 16.5. The molecule has 0 saturated carbocycles. The van der Waals surface area contributed by atoms with Crippen molar-refractivity contribution in [3.63, 3.8) is 0 Å². The first kappa shape index (κ1) is 14.2. The van der Waals surface area contributed by atoms with Gasteiger partial charge in [-0.05, 0) is 29.8 Å². The number of nitrogens with two attached hydrogens (primary N) is 1. The SMILES string of the molecule is COc1cccc(OCCOc2ccc(CN)cc2)c1. The van der Waals surface area contributed by atoms with Crippen molar-refractivity contribution in [1.82, 2.24) is 0 Å². The van der Waals surface area contributed by atoms with Gasteiger partial charge in [0.2, 0.25) is 0 Å². The second-order valence-electron chi connectivity index (χ2n) is 4.22. The van der Waals surface area contributed by atoms with Crippen LogP contribution in [0.25, 0.3) is 0 Å². The van der Waals surface area contributed by atoms with Crippen LogP contribution in [0.1, 0.15) is 5.56 Å². The quantitative estimate of drug-likeness (QED) is 0.788. The Balaban J connectivity index is 1.75. The molecule has 2 N–H and O–H groups in total. The fourth-order valence-corrected chi connectivity index (χ4v) is 1.73. The predicted octanol–water partition coefficient (Wildman–Crippen LogP) is 2.61. The zero-order chi connectivity index (χ0) is 14.2. The van der Waals surface area contributed by atoms with Crippen LogP contribution < -0.4 is 19.9 Å². The highest BCUT2D eigenvalue weighted by molar-refractivity contribution is 5.32. The molecule has 0 heterocycles. The smallest absolute Gasteiger partial charge is 0.123 e. The van der Waals surface area contributed by atoms with E-state index in [1.54, 1.807) is 7.11 Å². The number of hydrogen-bond acceptors (Lipinski definition) is 4. The van der Waals surface area contributed by atoms with Gasteiger partial charge in [0, 0.05) is 12.6 Å². The van der Waals surface area contributed by atoms with Gasteiger partial charge in [-0.1, -0.05) is 18.2 Å². The van der Waals surface area contributed by atoms with Gasteiger partial charge in [0.25, 0.3) is 0 Å². The van der Waals surface area contributed by atoms with E-state index >= 15 is 0 Å². The van der Waals surface area contributed by atoms with Crippen LogP contribution in [0.15, 0.2) is 48.5 Å². The average Bonchev–Trinajstić information content (AvgIpc) is 2.52. The maximum Gasteiger partial charge on any atom is 0.123 e. The molecule has 0 unspecified atom stereocenters. The van der Waals surface area contributed by atoms with Crippen LogP contribution in [-0.4, -0.2) is 20.3 Å². The van der Waals surface area contributed by atoms with Gasteiger partial charge >= 0.3 is 0 Å². The summed E-state index contributed by atoms with van der Waals surface area (Å²) in [5.74, 6) is 2.36. The van der Waals surface area contributed by atoms with Crippen molar-refractivity contribution in [3.8, 4) is 17.2 Å². The number of rotatable bonds is 7. The molecule has 20 heavy (non-hydrogen) atoms. The average molecular weight is 273 g/mol. The van der Waals surface area contributed by atoms with Gasteiger partial charge in [-0.2, -0.15) is 0 Å². The summed E-state index contributed by atoms with van der Waals surface area (Å²) in [5.41, 5.74) is 6.63. The first-order valence-corrected chi connectivity index (χ1v) is 6.50. The second-order valence-corrected chi connectivity index (χ2v) is 4.22. The van der Waals surface area contributed by atoms with E-state index in [0.717, 1.165) is 22.8 Å². The second kappa shape index (κ2) is 7.40. The maximum absolute atomic E-state index is 5.59. The van der Waals surface area contributed by atoms with Crippen LogP contribution in [0.2, 0.25) is 0 Å². The van der Waals surface area contributed by atoms with Crippen molar-refractivity contribution in [2.75, 3.05) is 20.3 Å². The predicted molar refractivity (Wildman–Crippen MR) is 78.3 cm³/mol. The van der Waals surface area contributed by atoms with Crippen molar-refractivity contribution in [3.05, 3.63) is 54.1 Å². The van der Waals surface area contributed by atoms with Crippen molar-refractivity contribution in [2.24, 2.45) is 5.73 Å². The lowest BCUT2D eigenvalue weighted by Gasteiger charge is -2.09. The Hall–Kier alpha value is -2.20. The molecule has 106 valence electrons. The Kier molecular flexibility index (Phi) is 5.26. The summed E-state index contributed by atoms with van der Waals surface area (Å²) < 4.78 is 16.3. The lowest BCUT2D eigenvalue weighted by molar-refractivity contribution is 0.216. The summed E-state index contributed by atoms with van der Waals surface area (Å²) in [6.45, 7) is 1.50. The van der Waals surface area contributed by atoms with Gasteiger partial charge in [-0.3, -0.25) is 0 Å². The van der Waals surface area contributed by atoms with Crippen molar-refractivity contribution in [1.29, 1.82) is 0 Å². The molecular weight excluding hydrogens is 254 g/mol. The summed E-state index contributed by atoms with van der Waals surface area (Å²) in [4.78, 5) is 0. The molecule has 0 aromatic heterocycles. The lowest BCUT2D eigenvalue weighted by Crippen LogP contribution is -2.09. The molecule has 4 heteroatoms.